The second-order valence-corrected chi connectivity index (χ2v) is 1.65. The fourth-order valence-corrected chi connectivity index (χ4v) is 0.544. The van der Waals surface area contributed by atoms with Crippen molar-refractivity contribution < 1.29 is 13.5 Å². The summed E-state index contributed by atoms with van der Waals surface area (Å²) in [5, 5.41) is 0. The van der Waals surface area contributed by atoms with E-state index >= 15 is 0 Å². The van der Waals surface area contributed by atoms with Gasteiger partial charge in [-0.05, 0) is 12.2 Å². The average Bonchev–Trinajstić information content (AvgIpc) is 1.90. The molecule has 50 valence electrons. The second kappa shape index (κ2) is 2.62. The number of hydrogen-bond donors (Lipinski definition) is 0. The second-order valence-electron chi connectivity index (χ2n) is 1.65. The number of rotatable bonds is 1. The molecule has 0 radical (unpaired) electrons. The Bertz CT molecular complexity index is 140. The van der Waals surface area contributed by atoms with Crippen LogP contribution in [0.1, 0.15) is 0 Å². The summed E-state index contributed by atoms with van der Waals surface area (Å²) in [7, 11) is 0. The zero-order valence-electron chi connectivity index (χ0n) is 4.63. The minimum atomic E-state index is -2.42. The molecule has 0 aromatic rings. The molecule has 1 aliphatic heterocycles. The van der Waals surface area contributed by atoms with Crippen molar-refractivity contribution in [1.82, 2.24) is 0 Å². The van der Waals surface area contributed by atoms with Crippen molar-refractivity contribution in [2.45, 2.75) is 12.5 Å². The van der Waals surface area contributed by atoms with Crippen molar-refractivity contribution in [3.05, 3.63) is 24.5 Å². The van der Waals surface area contributed by atoms with Gasteiger partial charge in [-0.15, -0.1) is 0 Å². The molecular weight excluding hydrogens is 126 g/mol. The topological polar surface area (TPSA) is 9.23 Å². The maximum absolute atomic E-state index is 11.7. The predicted octanol–water partition coefficient (Wildman–Crippen LogP) is 1.72. The van der Waals surface area contributed by atoms with Crippen LogP contribution in [0.5, 0.6) is 0 Å². The lowest BCUT2D eigenvalue weighted by molar-refractivity contribution is 0.0128. The third kappa shape index (κ3) is 1.52. The number of allylic oxidation sites excluding steroid dienone is 2. The molecule has 0 spiro atoms. The van der Waals surface area contributed by atoms with Crippen LogP contribution in [0.3, 0.4) is 0 Å². The molecule has 1 heterocycles. The fourth-order valence-electron chi connectivity index (χ4n) is 0.544. The summed E-state index contributed by atoms with van der Waals surface area (Å²) in [6, 6.07) is 0. The van der Waals surface area contributed by atoms with Gasteiger partial charge in [0, 0.05) is 0 Å². The van der Waals surface area contributed by atoms with Crippen LogP contribution < -0.4 is 0 Å². The van der Waals surface area contributed by atoms with E-state index in [1.54, 1.807) is 12.2 Å². The van der Waals surface area contributed by atoms with Gasteiger partial charge in [-0.1, -0.05) is 6.08 Å². The molecule has 1 rings (SSSR count). The first-order valence-electron chi connectivity index (χ1n) is 2.57. The van der Waals surface area contributed by atoms with Gasteiger partial charge in [-0.3, -0.25) is 0 Å². The quantitative estimate of drug-likeness (QED) is 0.527. The largest absolute Gasteiger partial charge is 0.488 e. The van der Waals surface area contributed by atoms with Crippen LogP contribution in [-0.2, 0) is 4.74 Å². The van der Waals surface area contributed by atoms with E-state index in [9.17, 15) is 8.78 Å². The minimum absolute atomic E-state index is 1.05. The summed E-state index contributed by atoms with van der Waals surface area (Å²) in [5.41, 5.74) is 0. The Morgan fingerprint density at radius 3 is 2.44 bits per heavy atom. The smallest absolute Gasteiger partial charge is 0.278 e. The average molecular weight is 132 g/mol. The summed E-state index contributed by atoms with van der Waals surface area (Å²) in [6.45, 7) is 0. The molecule has 0 aromatic heterocycles. The summed E-state index contributed by atoms with van der Waals surface area (Å²) < 4.78 is 27.9. The van der Waals surface area contributed by atoms with Crippen LogP contribution >= 0.6 is 0 Å². The molecule has 1 atom stereocenters. The van der Waals surface area contributed by atoms with Gasteiger partial charge >= 0.3 is 0 Å². The van der Waals surface area contributed by atoms with Crippen molar-refractivity contribution >= 4 is 0 Å². The van der Waals surface area contributed by atoms with Crippen LogP contribution in [0.15, 0.2) is 24.5 Å². The van der Waals surface area contributed by atoms with Gasteiger partial charge in [0.1, 0.15) is 0 Å². The molecule has 1 nitrogen and oxygen atoms in total. The van der Waals surface area contributed by atoms with Crippen molar-refractivity contribution in [2.75, 3.05) is 0 Å². The van der Waals surface area contributed by atoms with Crippen LogP contribution in [0.4, 0.5) is 8.78 Å². The van der Waals surface area contributed by atoms with Crippen LogP contribution in [0.2, 0.25) is 0 Å². The van der Waals surface area contributed by atoms with Gasteiger partial charge in [0.15, 0.2) is 6.10 Å². The maximum atomic E-state index is 11.7. The lowest BCUT2D eigenvalue weighted by atomic mass is 10.3. The summed E-state index contributed by atoms with van der Waals surface area (Å²) in [5.74, 6) is 0. The molecule has 0 aliphatic carbocycles. The van der Waals surface area contributed by atoms with Gasteiger partial charge < -0.3 is 4.74 Å². The molecule has 0 saturated heterocycles. The monoisotopic (exact) mass is 132 g/mol. The van der Waals surface area contributed by atoms with Crippen LogP contribution in [-0.4, -0.2) is 12.5 Å². The SMILES string of the molecule is FC(F)[C@H]1C=CC=CO1. The van der Waals surface area contributed by atoms with E-state index in [0.717, 1.165) is 0 Å². The normalized spacial score (nSPS) is 24.6. The zero-order chi connectivity index (χ0) is 6.69. The summed E-state index contributed by atoms with van der Waals surface area (Å²) in [6.07, 6.45) is 2.22. The van der Waals surface area contributed by atoms with E-state index in [1.807, 2.05) is 0 Å². The number of ether oxygens (including phenoxy) is 1. The van der Waals surface area contributed by atoms with Crippen molar-refractivity contribution in [3.63, 3.8) is 0 Å². The molecule has 0 bridgehead atoms. The molecule has 0 aromatic carbocycles. The molecular formula is C6H6F2O. The number of hydrogen-bond acceptors (Lipinski definition) is 1. The number of halogens is 2. The van der Waals surface area contributed by atoms with Crippen LogP contribution in [0, 0.1) is 0 Å². The van der Waals surface area contributed by atoms with Crippen molar-refractivity contribution in [1.29, 1.82) is 0 Å². The van der Waals surface area contributed by atoms with E-state index in [0.29, 0.717) is 0 Å². The molecule has 1 aliphatic rings. The Labute approximate surface area is 51.6 Å². The molecule has 0 fully saturated rings. The summed E-state index contributed by atoms with van der Waals surface area (Å²) in [4.78, 5) is 0. The van der Waals surface area contributed by atoms with Gasteiger partial charge in [-0.25, -0.2) is 8.78 Å². The fraction of sp³-hybridized carbons (Fsp3) is 0.333. The maximum Gasteiger partial charge on any atom is 0.278 e. The van der Waals surface area contributed by atoms with E-state index < -0.39 is 12.5 Å². The number of alkyl halides is 2. The Morgan fingerprint density at radius 1 is 1.33 bits per heavy atom. The predicted molar refractivity (Wildman–Crippen MR) is 29.2 cm³/mol. The van der Waals surface area contributed by atoms with Crippen LogP contribution in [0.25, 0.3) is 0 Å². The zero-order valence-corrected chi connectivity index (χ0v) is 4.63. The molecule has 9 heavy (non-hydrogen) atoms. The Kier molecular flexibility index (Phi) is 1.82. The van der Waals surface area contributed by atoms with E-state index in [-0.39, 0.29) is 0 Å². The molecule has 0 amide bonds. The van der Waals surface area contributed by atoms with Crippen molar-refractivity contribution in [3.8, 4) is 0 Å². The first-order valence-corrected chi connectivity index (χ1v) is 2.57. The highest BCUT2D eigenvalue weighted by atomic mass is 19.3. The first kappa shape index (κ1) is 6.26. The van der Waals surface area contributed by atoms with Gasteiger partial charge in [0.05, 0.1) is 6.26 Å². The first-order chi connectivity index (χ1) is 4.30. The highest BCUT2D eigenvalue weighted by molar-refractivity contribution is 5.07. The molecule has 0 saturated carbocycles. The lowest BCUT2D eigenvalue weighted by Crippen LogP contribution is -2.17. The third-order valence-electron chi connectivity index (χ3n) is 0.975. The molecule has 0 unspecified atom stereocenters. The molecule has 3 heteroatoms. The van der Waals surface area contributed by atoms with Gasteiger partial charge in [0.25, 0.3) is 6.43 Å². The van der Waals surface area contributed by atoms with E-state index in [1.165, 1.54) is 12.3 Å². The minimum Gasteiger partial charge on any atom is -0.488 e. The lowest BCUT2D eigenvalue weighted by Gasteiger charge is -2.12. The highest BCUT2D eigenvalue weighted by Gasteiger charge is 2.17. The Balaban J connectivity index is 2.46. The van der Waals surface area contributed by atoms with Gasteiger partial charge in [0.2, 0.25) is 0 Å². The summed E-state index contributed by atoms with van der Waals surface area (Å²) >= 11 is 0. The highest BCUT2D eigenvalue weighted by Crippen LogP contribution is 2.10. The Hall–Kier alpha value is -0.860. The van der Waals surface area contributed by atoms with E-state index in [4.69, 9.17) is 0 Å². The third-order valence-corrected chi connectivity index (χ3v) is 0.975. The standard InChI is InChI=1S/C6H6F2O/c7-6(8)5-3-1-2-4-9-5/h1-6H/t5-/m1/s1. The van der Waals surface area contributed by atoms with Crippen molar-refractivity contribution in [2.24, 2.45) is 0 Å². The van der Waals surface area contributed by atoms with Gasteiger partial charge in [-0.2, -0.15) is 0 Å². The van der Waals surface area contributed by atoms with E-state index in [2.05, 4.69) is 4.74 Å². The Morgan fingerprint density at radius 2 is 2.11 bits per heavy atom. The molecule has 0 N–H and O–H groups in total.